The summed E-state index contributed by atoms with van der Waals surface area (Å²) in [6, 6.07) is 17.7. The van der Waals surface area contributed by atoms with Gasteiger partial charge in [0.05, 0.1) is 0 Å². The first-order valence-electron chi connectivity index (χ1n) is 8.70. The van der Waals surface area contributed by atoms with E-state index in [1.165, 1.54) is 5.56 Å². The Balaban J connectivity index is 1.30. The van der Waals surface area contributed by atoms with Gasteiger partial charge in [-0.2, -0.15) is 0 Å². The number of nitrogens with one attached hydrogen (secondary N) is 1. The average molecular weight is 356 g/mol. The highest BCUT2D eigenvalue weighted by molar-refractivity contribution is 6.31. The molecule has 5 heteroatoms. The van der Waals surface area contributed by atoms with Gasteiger partial charge >= 0.3 is 6.03 Å². The van der Waals surface area contributed by atoms with Gasteiger partial charge in [0.25, 0.3) is 0 Å². The van der Waals surface area contributed by atoms with Crippen LogP contribution in [-0.4, -0.2) is 42.0 Å². The van der Waals surface area contributed by atoms with Gasteiger partial charge in [-0.05, 0) is 30.2 Å². The van der Waals surface area contributed by atoms with Gasteiger partial charge in [0.1, 0.15) is 0 Å². The number of halogens is 1. The third-order valence-electron chi connectivity index (χ3n) is 5.22. The van der Waals surface area contributed by atoms with Crippen molar-refractivity contribution in [3.05, 3.63) is 65.2 Å². The van der Waals surface area contributed by atoms with Crippen LogP contribution in [0.25, 0.3) is 0 Å². The minimum atomic E-state index is 0.00706. The van der Waals surface area contributed by atoms with E-state index >= 15 is 0 Å². The molecule has 2 aromatic carbocycles. The first-order valence-corrected chi connectivity index (χ1v) is 9.08. The maximum atomic E-state index is 12.4. The zero-order valence-electron chi connectivity index (χ0n) is 14.1. The molecular weight excluding hydrogens is 334 g/mol. The predicted molar refractivity (Wildman–Crippen MR) is 101 cm³/mol. The third kappa shape index (κ3) is 3.51. The molecule has 0 atom stereocenters. The molecule has 0 bridgehead atoms. The van der Waals surface area contributed by atoms with Crippen LogP contribution in [0, 0.1) is 5.41 Å². The number of carbonyl (C=O) groups is 1. The molecule has 2 fully saturated rings. The average Bonchev–Trinajstić information content (AvgIpc) is 3.03. The Morgan fingerprint density at radius 2 is 1.76 bits per heavy atom. The van der Waals surface area contributed by atoms with Gasteiger partial charge in [0.15, 0.2) is 0 Å². The van der Waals surface area contributed by atoms with Gasteiger partial charge in [0.2, 0.25) is 0 Å². The molecular formula is C20H22ClN3O. The van der Waals surface area contributed by atoms with Gasteiger partial charge in [-0.25, -0.2) is 4.79 Å². The fourth-order valence-electron chi connectivity index (χ4n) is 3.97. The van der Waals surface area contributed by atoms with Crippen LogP contribution < -0.4 is 5.32 Å². The lowest BCUT2D eigenvalue weighted by molar-refractivity contribution is 0.00486. The molecule has 0 aliphatic carbocycles. The van der Waals surface area contributed by atoms with Crippen LogP contribution in [0.2, 0.25) is 5.02 Å². The molecule has 2 amide bonds. The van der Waals surface area contributed by atoms with Gasteiger partial charge in [-0.15, -0.1) is 0 Å². The second-order valence-corrected chi connectivity index (χ2v) is 7.61. The highest BCUT2D eigenvalue weighted by Crippen LogP contribution is 2.40. The zero-order valence-corrected chi connectivity index (χ0v) is 14.9. The summed E-state index contributed by atoms with van der Waals surface area (Å²) < 4.78 is 0. The zero-order chi connectivity index (χ0) is 17.3. The third-order valence-corrected chi connectivity index (χ3v) is 5.59. The molecule has 4 nitrogen and oxygen atoms in total. The van der Waals surface area contributed by atoms with E-state index in [4.69, 9.17) is 11.6 Å². The number of urea groups is 1. The quantitative estimate of drug-likeness (QED) is 0.900. The van der Waals surface area contributed by atoms with E-state index in [9.17, 15) is 4.79 Å². The van der Waals surface area contributed by atoms with Crippen LogP contribution in [0.15, 0.2) is 54.6 Å². The van der Waals surface area contributed by atoms with E-state index in [0.29, 0.717) is 0 Å². The lowest BCUT2D eigenvalue weighted by Crippen LogP contribution is -2.57. The molecule has 25 heavy (non-hydrogen) atoms. The molecule has 1 N–H and O–H groups in total. The van der Waals surface area contributed by atoms with Crippen molar-refractivity contribution in [2.75, 3.05) is 31.5 Å². The topological polar surface area (TPSA) is 35.6 Å². The highest BCUT2D eigenvalue weighted by atomic mass is 35.5. The van der Waals surface area contributed by atoms with E-state index in [0.717, 1.165) is 49.9 Å². The fourth-order valence-corrected chi connectivity index (χ4v) is 4.17. The Morgan fingerprint density at radius 1 is 1.04 bits per heavy atom. The summed E-state index contributed by atoms with van der Waals surface area (Å²) in [5.74, 6) is 0. The molecule has 0 unspecified atom stereocenters. The molecule has 2 aliphatic heterocycles. The van der Waals surface area contributed by atoms with Gasteiger partial charge < -0.3 is 10.2 Å². The first-order chi connectivity index (χ1) is 12.1. The monoisotopic (exact) mass is 355 g/mol. The lowest BCUT2D eigenvalue weighted by atomic mass is 9.79. The van der Waals surface area contributed by atoms with Crippen molar-refractivity contribution >= 4 is 23.3 Å². The summed E-state index contributed by atoms with van der Waals surface area (Å²) in [5.41, 5.74) is 2.29. The normalized spacial score (nSPS) is 19.0. The number of benzene rings is 2. The number of carbonyl (C=O) groups excluding carboxylic acids is 1. The summed E-state index contributed by atoms with van der Waals surface area (Å²) in [5, 5.41) is 3.82. The van der Waals surface area contributed by atoms with Gasteiger partial charge in [0, 0.05) is 48.8 Å². The fraction of sp³-hybridized carbons (Fsp3) is 0.350. The molecule has 2 aromatic rings. The lowest BCUT2D eigenvalue weighted by Gasteiger charge is -2.48. The Hall–Kier alpha value is -2.04. The Labute approximate surface area is 153 Å². The van der Waals surface area contributed by atoms with Crippen molar-refractivity contribution in [1.82, 2.24) is 9.80 Å². The predicted octanol–water partition coefficient (Wildman–Crippen LogP) is 4.08. The first kappa shape index (κ1) is 16.4. The second kappa shape index (κ2) is 6.70. The molecule has 2 aliphatic rings. The molecule has 0 aromatic heterocycles. The van der Waals surface area contributed by atoms with Crippen molar-refractivity contribution in [3.8, 4) is 0 Å². The van der Waals surface area contributed by atoms with E-state index in [2.05, 4.69) is 16.3 Å². The number of hydrogen-bond acceptors (Lipinski definition) is 2. The number of nitrogens with zero attached hydrogens (tertiary/aromatic N) is 2. The van der Waals surface area contributed by atoms with Crippen molar-refractivity contribution in [3.63, 3.8) is 0 Å². The highest BCUT2D eigenvalue weighted by Gasteiger charge is 2.48. The van der Waals surface area contributed by atoms with Crippen LogP contribution >= 0.6 is 11.6 Å². The summed E-state index contributed by atoms with van der Waals surface area (Å²) in [7, 11) is 0. The smallest absolute Gasteiger partial charge is 0.321 e. The van der Waals surface area contributed by atoms with E-state index < -0.39 is 0 Å². The summed E-state index contributed by atoms with van der Waals surface area (Å²) in [6.45, 7) is 4.63. The largest absolute Gasteiger partial charge is 0.324 e. The molecule has 0 saturated carbocycles. The van der Waals surface area contributed by atoms with Gasteiger partial charge in [-0.3, -0.25) is 4.90 Å². The number of rotatable bonds is 3. The maximum absolute atomic E-state index is 12.4. The van der Waals surface area contributed by atoms with Crippen molar-refractivity contribution in [2.24, 2.45) is 5.41 Å². The number of likely N-dealkylation sites (tertiary alicyclic amines) is 2. The molecule has 2 heterocycles. The van der Waals surface area contributed by atoms with Crippen LogP contribution in [-0.2, 0) is 6.54 Å². The second-order valence-electron chi connectivity index (χ2n) is 7.20. The van der Waals surface area contributed by atoms with Crippen molar-refractivity contribution in [2.45, 2.75) is 13.0 Å². The number of hydrogen-bond donors (Lipinski definition) is 1. The van der Waals surface area contributed by atoms with E-state index in [1.54, 1.807) is 0 Å². The summed E-state index contributed by atoms with van der Waals surface area (Å²) >= 11 is 6.25. The summed E-state index contributed by atoms with van der Waals surface area (Å²) in [6.07, 6.45) is 1.08. The Morgan fingerprint density at radius 3 is 2.52 bits per heavy atom. The van der Waals surface area contributed by atoms with Gasteiger partial charge in [-0.1, -0.05) is 48.0 Å². The van der Waals surface area contributed by atoms with Crippen LogP contribution in [0.1, 0.15) is 12.0 Å². The maximum Gasteiger partial charge on any atom is 0.321 e. The molecule has 0 radical (unpaired) electrons. The van der Waals surface area contributed by atoms with E-state index in [-0.39, 0.29) is 11.4 Å². The standard InChI is InChI=1S/C20H22ClN3O/c21-18-9-5-4-6-16(18)12-23-13-20(14-23)10-11-24(15-20)19(25)22-17-7-2-1-3-8-17/h1-9H,10-15H2,(H,22,25). The Bertz CT molecular complexity index is 759. The van der Waals surface area contributed by atoms with Crippen LogP contribution in [0.5, 0.6) is 0 Å². The van der Waals surface area contributed by atoms with Crippen molar-refractivity contribution < 1.29 is 4.79 Å². The molecule has 130 valence electrons. The molecule has 2 saturated heterocycles. The molecule has 1 spiro atoms. The number of amides is 2. The number of anilines is 1. The minimum absolute atomic E-state index is 0.00706. The van der Waals surface area contributed by atoms with Crippen LogP contribution in [0.3, 0.4) is 0 Å². The van der Waals surface area contributed by atoms with Crippen LogP contribution in [0.4, 0.5) is 10.5 Å². The Kier molecular flexibility index (Phi) is 4.40. The number of para-hydroxylation sites is 1. The molecule has 4 rings (SSSR count). The van der Waals surface area contributed by atoms with E-state index in [1.807, 2.05) is 53.4 Å². The summed E-state index contributed by atoms with van der Waals surface area (Å²) in [4.78, 5) is 16.8. The SMILES string of the molecule is O=C(Nc1ccccc1)N1CCC2(CN(Cc3ccccc3Cl)C2)C1. The minimum Gasteiger partial charge on any atom is -0.324 e. The van der Waals surface area contributed by atoms with Crippen molar-refractivity contribution in [1.29, 1.82) is 0 Å².